The molecule has 1 fully saturated rings. The summed E-state index contributed by atoms with van der Waals surface area (Å²) in [5, 5.41) is 0. The lowest BCUT2D eigenvalue weighted by molar-refractivity contribution is 0.336. The van der Waals surface area contributed by atoms with Crippen LogP contribution in [0.5, 0.6) is 5.75 Å². The van der Waals surface area contributed by atoms with Gasteiger partial charge in [0.2, 0.25) is 0 Å². The van der Waals surface area contributed by atoms with Crippen molar-refractivity contribution in [3.05, 3.63) is 84.9 Å². The van der Waals surface area contributed by atoms with Gasteiger partial charge in [-0.1, -0.05) is 43.3 Å². The summed E-state index contributed by atoms with van der Waals surface area (Å²) in [6.45, 7) is 3.47. The lowest BCUT2D eigenvalue weighted by atomic mass is 9.91. The van der Waals surface area contributed by atoms with E-state index in [1.165, 1.54) is 15.5 Å². The molecule has 4 rings (SSSR count). The summed E-state index contributed by atoms with van der Waals surface area (Å²) < 4.78 is 5.74. The molecule has 2 atom stereocenters. The highest BCUT2D eigenvalue weighted by Crippen LogP contribution is 2.46. The normalized spacial score (nSPS) is 18.8. The van der Waals surface area contributed by atoms with Crippen molar-refractivity contribution in [1.29, 1.82) is 0 Å². The van der Waals surface area contributed by atoms with Crippen LogP contribution < -0.4 is 9.64 Å². The maximum absolute atomic E-state index is 5.33. The van der Waals surface area contributed by atoms with Crippen LogP contribution in [-0.4, -0.2) is 24.3 Å². The van der Waals surface area contributed by atoms with E-state index in [0.717, 1.165) is 12.3 Å². The molecular formula is C24H25NOS2. The van der Waals surface area contributed by atoms with Crippen molar-refractivity contribution in [2.24, 2.45) is 5.92 Å². The minimum Gasteiger partial charge on any atom is -0.497 e. The second-order valence-electron chi connectivity index (χ2n) is 7.05. The first-order valence-electron chi connectivity index (χ1n) is 9.59. The van der Waals surface area contributed by atoms with Crippen LogP contribution in [0.25, 0.3) is 0 Å². The Kier molecular flexibility index (Phi) is 6.18. The molecule has 0 amide bonds. The third-order valence-electron chi connectivity index (χ3n) is 5.10. The third-order valence-corrected chi connectivity index (χ3v) is 7.79. The lowest BCUT2D eigenvalue weighted by Gasteiger charge is -2.51. The van der Waals surface area contributed by atoms with Crippen LogP contribution in [-0.2, 0) is 0 Å². The molecule has 28 heavy (non-hydrogen) atoms. The number of benzene rings is 3. The first kappa shape index (κ1) is 19.3. The first-order chi connectivity index (χ1) is 13.7. The van der Waals surface area contributed by atoms with Gasteiger partial charge in [-0.25, -0.2) is 0 Å². The van der Waals surface area contributed by atoms with Crippen LogP contribution in [0, 0.1) is 5.92 Å². The number of methoxy groups -OCH3 is 1. The molecule has 3 aromatic carbocycles. The number of thioether (sulfide) groups is 2. The van der Waals surface area contributed by atoms with E-state index in [2.05, 4.69) is 96.8 Å². The van der Waals surface area contributed by atoms with Crippen molar-refractivity contribution in [3.8, 4) is 5.75 Å². The predicted molar refractivity (Wildman–Crippen MR) is 122 cm³/mol. The van der Waals surface area contributed by atoms with Crippen LogP contribution in [0.3, 0.4) is 0 Å². The Balaban J connectivity index is 1.59. The Hall–Kier alpha value is -2.04. The fraction of sp³-hybridized carbons (Fsp3) is 0.250. The van der Waals surface area contributed by atoms with E-state index in [9.17, 15) is 0 Å². The largest absolute Gasteiger partial charge is 0.497 e. The van der Waals surface area contributed by atoms with E-state index >= 15 is 0 Å². The summed E-state index contributed by atoms with van der Waals surface area (Å²) >= 11 is 3.95. The molecule has 0 saturated carbocycles. The predicted octanol–water partition coefficient (Wildman–Crippen LogP) is 6.43. The summed E-state index contributed by atoms with van der Waals surface area (Å²) in [5.74, 6) is 1.56. The number of hydrogen-bond acceptors (Lipinski definition) is 4. The van der Waals surface area contributed by atoms with Gasteiger partial charge in [0.15, 0.2) is 0 Å². The zero-order valence-electron chi connectivity index (χ0n) is 16.2. The van der Waals surface area contributed by atoms with E-state index in [4.69, 9.17) is 4.74 Å². The standard InChI is InChI=1S/C24H25NOS2/c1-18-17-25(19-13-15-20(26-2)16-14-19)23(18)24(27-21-9-5-3-6-10-21)28-22-11-7-4-8-12-22/h3-16,18,23-24H,17H2,1-2H3/t18-,23+/m1/s1. The molecule has 2 nitrogen and oxygen atoms in total. The zero-order valence-corrected chi connectivity index (χ0v) is 17.8. The highest BCUT2D eigenvalue weighted by molar-refractivity contribution is 8.17. The molecule has 0 aliphatic carbocycles. The Morgan fingerprint density at radius 1 is 0.821 bits per heavy atom. The molecule has 4 heteroatoms. The van der Waals surface area contributed by atoms with Gasteiger partial charge in [0, 0.05) is 22.0 Å². The van der Waals surface area contributed by atoms with Crippen LogP contribution in [0.1, 0.15) is 6.92 Å². The SMILES string of the molecule is COc1ccc(N2C[C@@H](C)[C@H]2C(Sc2ccccc2)Sc2ccccc2)cc1. The van der Waals surface area contributed by atoms with Gasteiger partial charge in [0.25, 0.3) is 0 Å². The summed E-state index contributed by atoms with van der Waals surface area (Å²) in [5.41, 5.74) is 1.27. The van der Waals surface area contributed by atoms with Gasteiger partial charge < -0.3 is 9.64 Å². The van der Waals surface area contributed by atoms with Crippen LogP contribution >= 0.6 is 23.5 Å². The quantitative estimate of drug-likeness (QED) is 0.330. The Morgan fingerprint density at radius 2 is 1.36 bits per heavy atom. The molecule has 3 aromatic rings. The molecular weight excluding hydrogens is 382 g/mol. The summed E-state index contributed by atoms with van der Waals surface area (Å²) in [6.07, 6.45) is 0. The topological polar surface area (TPSA) is 12.5 Å². The average Bonchev–Trinajstić information content (AvgIpc) is 2.73. The molecule has 0 unspecified atom stereocenters. The van der Waals surface area contributed by atoms with Gasteiger partial charge in [-0.2, -0.15) is 0 Å². The third kappa shape index (κ3) is 4.34. The maximum Gasteiger partial charge on any atom is 0.119 e. The van der Waals surface area contributed by atoms with E-state index < -0.39 is 0 Å². The summed E-state index contributed by atoms with van der Waals surface area (Å²) in [6, 6.07) is 30.4. The summed E-state index contributed by atoms with van der Waals surface area (Å²) in [4.78, 5) is 5.19. The number of anilines is 1. The Morgan fingerprint density at radius 3 is 1.82 bits per heavy atom. The van der Waals surface area contributed by atoms with Crippen LogP contribution in [0.15, 0.2) is 94.7 Å². The van der Waals surface area contributed by atoms with Gasteiger partial charge in [-0.3, -0.25) is 0 Å². The Bertz CT molecular complexity index is 829. The molecule has 144 valence electrons. The summed E-state index contributed by atoms with van der Waals surface area (Å²) in [7, 11) is 1.71. The molecule has 0 aromatic heterocycles. The van der Waals surface area contributed by atoms with Crippen molar-refractivity contribution in [2.75, 3.05) is 18.6 Å². The number of hydrogen-bond donors (Lipinski definition) is 0. The van der Waals surface area contributed by atoms with Gasteiger partial charge in [0.1, 0.15) is 5.75 Å². The minimum atomic E-state index is 0.413. The minimum absolute atomic E-state index is 0.413. The van der Waals surface area contributed by atoms with Gasteiger partial charge in [0.05, 0.1) is 17.7 Å². The highest BCUT2D eigenvalue weighted by atomic mass is 32.2. The molecule has 0 spiro atoms. The zero-order chi connectivity index (χ0) is 19.3. The van der Waals surface area contributed by atoms with E-state index in [1.54, 1.807) is 7.11 Å². The fourth-order valence-corrected chi connectivity index (χ4v) is 6.74. The molecule has 1 saturated heterocycles. The smallest absolute Gasteiger partial charge is 0.119 e. The van der Waals surface area contributed by atoms with E-state index in [-0.39, 0.29) is 0 Å². The monoisotopic (exact) mass is 407 g/mol. The molecule has 0 N–H and O–H groups in total. The van der Waals surface area contributed by atoms with Gasteiger partial charge in [-0.05, 0) is 54.4 Å². The molecule has 0 bridgehead atoms. The van der Waals surface area contributed by atoms with Crippen molar-refractivity contribution in [3.63, 3.8) is 0 Å². The number of rotatable bonds is 7. The van der Waals surface area contributed by atoms with Crippen molar-refractivity contribution < 1.29 is 4.74 Å². The van der Waals surface area contributed by atoms with Crippen LogP contribution in [0.4, 0.5) is 5.69 Å². The Labute approximate surface area is 176 Å². The molecule has 1 aliphatic rings. The molecule has 1 aliphatic heterocycles. The van der Waals surface area contributed by atoms with Gasteiger partial charge in [-0.15, -0.1) is 23.5 Å². The number of ether oxygens (including phenoxy) is 1. The second-order valence-corrected chi connectivity index (χ2v) is 9.78. The lowest BCUT2D eigenvalue weighted by Crippen LogP contribution is -2.59. The maximum atomic E-state index is 5.33. The average molecular weight is 408 g/mol. The second kappa shape index (κ2) is 8.97. The highest BCUT2D eigenvalue weighted by Gasteiger charge is 2.42. The molecule has 0 radical (unpaired) electrons. The number of nitrogens with zero attached hydrogens (tertiary/aromatic N) is 1. The van der Waals surface area contributed by atoms with Crippen molar-refractivity contribution in [2.45, 2.75) is 27.3 Å². The van der Waals surface area contributed by atoms with E-state index in [0.29, 0.717) is 16.5 Å². The van der Waals surface area contributed by atoms with E-state index in [1.807, 2.05) is 23.5 Å². The van der Waals surface area contributed by atoms with Crippen molar-refractivity contribution >= 4 is 29.2 Å². The molecule has 1 heterocycles. The van der Waals surface area contributed by atoms with Gasteiger partial charge >= 0.3 is 0 Å². The van der Waals surface area contributed by atoms with Crippen molar-refractivity contribution in [1.82, 2.24) is 0 Å². The fourth-order valence-electron chi connectivity index (χ4n) is 3.61. The van der Waals surface area contributed by atoms with Crippen LogP contribution in [0.2, 0.25) is 0 Å². The first-order valence-corrected chi connectivity index (χ1v) is 11.3.